The molecule has 0 atom stereocenters. The van der Waals surface area contributed by atoms with Crippen molar-refractivity contribution < 1.29 is 9.32 Å². The van der Waals surface area contributed by atoms with Crippen LogP contribution < -0.4 is 5.56 Å². The monoisotopic (exact) mass is 381 g/mol. The average molecular weight is 381 g/mol. The lowest BCUT2D eigenvalue weighted by Crippen LogP contribution is -2.32. The minimum atomic E-state index is -0.409. The van der Waals surface area contributed by atoms with Crippen molar-refractivity contribution in [2.24, 2.45) is 0 Å². The Kier molecular flexibility index (Phi) is 5.39. The first kappa shape index (κ1) is 19.5. The minimum absolute atomic E-state index is 0.0864. The number of nitrogens with one attached hydrogen (secondary N) is 1. The van der Waals surface area contributed by atoms with E-state index in [0.717, 1.165) is 5.69 Å². The molecule has 0 spiro atoms. The summed E-state index contributed by atoms with van der Waals surface area (Å²) in [4.78, 5) is 38.0. The van der Waals surface area contributed by atoms with Gasteiger partial charge in [-0.3, -0.25) is 9.59 Å². The quantitative estimate of drug-likeness (QED) is 0.729. The molecule has 0 fully saturated rings. The summed E-state index contributed by atoms with van der Waals surface area (Å²) in [5.74, 6) is 0.955. The first-order valence-corrected chi connectivity index (χ1v) is 9.01. The van der Waals surface area contributed by atoms with Gasteiger partial charge in [-0.1, -0.05) is 19.0 Å². The molecule has 28 heavy (non-hydrogen) atoms. The lowest BCUT2D eigenvalue weighted by molar-refractivity contribution is 0.0781. The van der Waals surface area contributed by atoms with Crippen molar-refractivity contribution in [2.45, 2.75) is 40.2 Å². The molecule has 3 rings (SSSR count). The second-order valence-corrected chi connectivity index (χ2v) is 7.12. The molecule has 0 saturated heterocycles. The summed E-state index contributed by atoms with van der Waals surface area (Å²) >= 11 is 0. The summed E-state index contributed by atoms with van der Waals surface area (Å²) in [6.07, 6.45) is 1.69. The van der Waals surface area contributed by atoms with Gasteiger partial charge in [-0.25, -0.2) is 9.97 Å². The van der Waals surface area contributed by atoms with Crippen LogP contribution in [-0.2, 0) is 6.54 Å². The van der Waals surface area contributed by atoms with E-state index in [-0.39, 0.29) is 23.9 Å². The zero-order valence-corrected chi connectivity index (χ0v) is 16.6. The second kappa shape index (κ2) is 7.75. The molecule has 0 aliphatic carbocycles. The molecule has 0 saturated carbocycles. The average Bonchev–Trinajstić information content (AvgIpc) is 3.07. The van der Waals surface area contributed by atoms with Crippen LogP contribution in [-0.4, -0.2) is 38.0 Å². The highest BCUT2D eigenvalue weighted by Crippen LogP contribution is 2.25. The molecule has 8 nitrogen and oxygen atoms in total. The third-order valence-corrected chi connectivity index (χ3v) is 4.32. The van der Waals surface area contributed by atoms with Crippen molar-refractivity contribution >= 4 is 5.91 Å². The third-order valence-electron chi connectivity index (χ3n) is 4.32. The number of aromatic nitrogens is 4. The van der Waals surface area contributed by atoms with Gasteiger partial charge in [-0.15, -0.1) is 0 Å². The van der Waals surface area contributed by atoms with Crippen molar-refractivity contribution in [3.8, 4) is 11.3 Å². The lowest BCUT2D eigenvalue weighted by Gasteiger charge is -2.18. The maximum Gasteiger partial charge on any atom is 0.260 e. The first-order valence-electron chi connectivity index (χ1n) is 9.01. The molecule has 0 radical (unpaired) electrons. The molecule has 3 heterocycles. The van der Waals surface area contributed by atoms with Crippen LogP contribution >= 0.6 is 0 Å². The molecule has 3 aromatic rings. The lowest BCUT2D eigenvalue weighted by atomic mass is 10.1. The summed E-state index contributed by atoms with van der Waals surface area (Å²) in [6.45, 7) is 7.79. The number of hydrogen-bond acceptors (Lipinski definition) is 6. The highest BCUT2D eigenvalue weighted by atomic mass is 16.5. The van der Waals surface area contributed by atoms with Crippen LogP contribution in [0.15, 0.2) is 33.7 Å². The Bertz CT molecular complexity index is 1070. The number of hydrogen-bond donors (Lipinski definition) is 1. The van der Waals surface area contributed by atoms with E-state index in [1.54, 1.807) is 32.3 Å². The number of rotatable bonds is 5. The summed E-state index contributed by atoms with van der Waals surface area (Å²) in [6, 6.07) is 5.03. The maximum absolute atomic E-state index is 12.8. The maximum atomic E-state index is 12.8. The van der Waals surface area contributed by atoms with Gasteiger partial charge in [0.05, 0.1) is 23.5 Å². The minimum Gasteiger partial charge on any atom is -0.356 e. The van der Waals surface area contributed by atoms with E-state index in [9.17, 15) is 9.59 Å². The summed E-state index contributed by atoms with van der Waals surface area (Å²) in [5, 5.41) is 3.92. The molecule has 1 N–H and O–H groups in total. The Hall–Kier alpha value is -3.29. The fraction of sp³-hybridized carbons (Fsp3) is 0.350. The SMILES string of the molecule is Cc1cc(-c2cnc(C(C)C)nc2CN(C)C(=O)c2ccc(C)[nH]c2=O)on1. The molecule has 1 amide bonds. The number of pyridine rings is 1. The standard InChI is InChI=1S/C20H23N5O3/c1-11(2)18-21-9-15(17-8-13(4)24-28-17)16(23-18)10-25(5)20(27)14-7-6-12(3)22-19(14)26/h6-9,11H,10H2,1-5H3,(H,22,26). The van der Waals surface area contributed by atoms with Crippen molar-refractivity contribution in [3.63, 3.8) is 0 Å². The Morgan fingerprint density at radius 1 is 1.29 bits per heavy atom. The van der Waals surface area contributed by atoms with Gasteiger partial charge in [0.25, 0.3) is 11.5 Å². The summed E-state index contributed by atoms with van der Waals surface area (Å²) < 4.78 is 5.36. The van der Waals surface area contributed by atoms with Gasteiger partial charge in [-0.2, -0.15) is 0 Å². The number of H-pyrrole nitrogens is 1. The van der Waals surface area contributed by atoms with Gasteiger partial charge >= 0.3 is 0 Å². The van der Waals surface area contributed by atoms with Crippen LogP contribution in [0.2, 0.25) is 0 Å². The van der Waals surface area contributed by atoms with Crippen LogP contribution in [0.25, 0.3) is 11.3 Å². The zero-order valence-electron chi connectivity index (χ0n) is 16.6. The van der Waals surface area contributed by atoms with E-state index in [1.807, 2.05) is 20.8 Å². The van der Waals surface area contributed by atoms with Gasteiger partial charge in [0.2, 0.25) is 0 Å². The van der Waals surface area contributed by atoms with Crippen LogP contribution in [0.1, 0.15) is 53.0 Å². The second-order valence-electron chi connectivity index (χ2n) is 7.12. The molecule has 3 aromatic heterocycles. The van der Waals surface area contributed by atoms with E-state index in [0.29, 0.717) is 28.5 Å². The van der Waals surface area contributed by atoms with Crippen LogP contribution in [0.4, 0.5) is 0 Å². The smallest absolute Gasteiger partial charge is 0.260 e. The predicted molar refractivity (Wildman–Crippen MR) is 104 cm³/mol. The van der Waals surface area contributed by atoms with Crippen LogP contribution in [0.5, 0.6) is 0 Å². The Balaban J connectivity index is 1.96. The van der Waals surface area contributed by atoms with Gasteiger partial charge < -0.3 is 14.4 Å². The molecule has 0 aliphatic rings. The first-order chi connectivity index (χ1) is 13.3. The Labute approximate surface area is 162 Å². The topological polar surface area (TPSA) is 105 Å². The van der Waals surface area contributed by atoms with Crippen molar-refractivity contribution in [3.05, 3.63) is 63.2 Å². The van der Waals surface area contributed by atoms with Gasteiger partial charge in [0, 0.05) is 30.9 Å². The number of aromatic amines is 1. The molecule has 146 valence electrons. The van der Waals surface area contributed by atoms with Crippen LogP contribution in [0, 0.1) is 13.8 Å². The number of carbonyl (C=O) groups excluding carboxylic acids is 1. The van der Waals surface area contributed by atoms with E-state index in [1.165, 1.54) is 11.0 Å². The van der Waals surface area contributed by atoms with E-state index < -0.39 is 5.56 Å². The molecule has 0 bridgehead atoms. The van der Waals surface area contributed by atoms with Gasteiger partial charge in [0.1, 0.15) is 11.4 Å². The fourth-order valence-corrected chi connectivity index (χ4v) is 2.77. The van der Waals surface area contributed by atoms with E-state index >= 15 is 0 Å². The molecular weight excluding hydrogens is 358 g/mol. The van der Waals surface area contributed by atoms with Gasteiger partial charge in [-0.05, 0) is 26.0 Å². The summed E-state index contributed by atoms with van der Waals surface area (Å²) in [5.41, 5.74) is 2.42. The highest BCUT2D eigenvalue weighted by molar-refractivity contribution is 5.93. The van der Waals surface area contributed by atoms with Gasteiger partial charge in [0.15, 0.2) is 5.76 Å². The fourth-order valence-electron chi connectivity index (χ4n) is 2.77. The van der Waals surface area contributed by atoms with Crippen LogP contribution in [0.3, 0.4) is 0 Å². The molecule has 0 aliphatic heterocycles. The predicted octanol–water partition coefficient (Wildman–Crippen LogP) is 2.83. The normalized spacial score (nSPS) is 11.1. The molecule has 0 aromatic carbocycles. The van der Waals surface area contributed by atoms with Crippen molar-refractivity contribution in [1.29, 1.82) is 0 Å². The summed E-state index contributed by atoms with van der Waals surface area (Å²) in [7, 11) is 1.63. The molecule has 0 unspecified atom stereocenters. The van der Waals surface area contributed by atoms with E-state index in [2.05, 4.69) is 20.1 Å². The highest BCUT2D eigenvalue weighted by Gasteiger charge is 2.20. The Morgan fingerprint density at radius 3 is 2.64 bits per heavy atom. The number of nitrogens with zero attached hydrogens (tertiary/aromatic N) is 4. The number of carbonyl (C=O) groups is 1. The third kappa shape index (κ3) is 4.00. The zero-order chi connectivity index (χ0) is 20.4. The number of aryl methyl sites for hydroxylation is 2. The number of amides is 1. The van der Waals surface area contributed by atoms with E-state index in [4.69, 9.17) is 4.52 Å². The largest absolute Gasteiger partial charge is 0.356 e. The Morgan fingerprint density at radius 2 is 2.04 bits per heavy atom. The molecular formula is C20H23N5O3. The van der Waals surface area contributed by atoms with Crippen molar-refractivity contribution in [2.75, 3.05) is 7.05 Å². The molecule has 8 heteroatoms. The van der Waals surface area contributed by atoms with Crippen molar-refractivity contribution in [1.82, 2.24) is 25.0 Å².